The van der Waals surface area contributed by atoms with Gasteiger partial charge in [-0.2, -0.15) is 13.2 Å². The summed E-state index contributed by atoms with van der Waals surface area (Å²) in [5.74, 6) is -1.40. The normalized spacial score (nSPS) is 12.4. The van der Waals surface area contributed by atoms with E-state index in [0.717, 1.165) is 12.1 Å². The van der Waals surface area contributed by atoms with Gasteiger partial charge in [0.25, 0.3) is 0 Å². The molecule has 1 heterocycles. The lowest BCUT2D eigenvalue weighted by molar-refractivity contribution is -0.137. The summed E-state index contributed by atoms with van der Waals surface area (Å²) in [5, 5.41) is 9.19. The molecule has 124 valence electrons. The van der Waals surface area contributed by atoms with Gasteiger partial charge in [-0.25, -0.2) is 9.78 Å². The number of carboxylic acid groups (broad SMARTS) is 1. The van der Waals surface area contributed by atoms with E-state index in [9.17, 15) is 23.1 Å². The van der Waals surface area contributed by atoms with Crippen molar-refractivity contribution in [3.8, 4) is 0 Å². The number of hydrogen-bond donors (Lipinski definition) is 1. The van der Waals surface area contributed by atoms with Crippen LogP contribution in [-0.4, -0.2) is 16.1 Å². The summed E-state index contributed by atoms with van der Waals surface area (Å²) in [4.78, 5) is 15.4. The van der Waals surface area contributed by atoms with E-state index >= 15 is 0 Å². The largest absolute Gasteiger partial charge is 0.475 e. The molecular formula is C16H16F3NO3. The third kappa shape index (κ3) is 3.91. The smallest absolute Gasteiger partial charge is 0.416 e. The maximum atomic E-state index is 12.7. The average molecular weight is 327 g/mol. The number of rotatable bonds is 3. The van der Waals surface area contributed by atoms with Crippen LogP contribution in [0.3, 0.4) is 0 Å². The van der Waals surface area contributed by atoms with E-state index in [4.69, 9.17) is 4.42 Å². The van der Waals surface area contributed by atoms with Crippen LogP contribution in [0, 0.1) is 0 Å². The molecule has 0 atom stereocenters. The minimum absolute atomic E-state index is 0.0505. The standard InChI is InChI=1S/C16H16F3NO3/c1-15(2,3)14-20-11(12(23-14)13(21)22)8-9-5-4-6-10(7-9)16(17,18)19/h4-7H,8H2,1-3H3,(H,21,22). The zero-order valence-corrected chi connectivity index (χ0v) is 12.9. The second-order valence-electron chi connectivity index (χ2n) is 6.22. The van der Waals surface area contributed by atoms with Gasteiger partial charge < -0.3 is 9.52 Å². The predicted molar refractivity (Wildman–Crippen MR) is 76.4 cm³/mol. The quantitative estimate of drug-likeness (QED) is 0.914. The third-order valence-corrected chi connectivity index (χ3v) is 3.16. The predicted octanol–water partition coefficient (Wildman–Crippen LogP) is 4.28. The van der Waals surface area contributed by atoms with Gasteiger partial charge in [-0.3, -0.25) is 0 Å². The Morgan fingerprint density at radius 1 is 1.26 bits per heavy atom. The van der Waals surface area contributed by atoms with Crippen LogP contribution >= 0.6 is 0 Å². The topological polar surface area (TPSA) is 63.3 Å². The molecule has 0 unspecified atom stereocenters. The lowest BCUT2D eigenvalue weighted by Crippen LogP contribution is -2.11. The van der Waals surface area contributed by atoms with E-state index < -0.39 is 23.1 Å². The van der Waals surface area contributed by atoms with Crippen molar-refractivity contribution in [1.29, 1.82) is 0 Å². The zero-order chi connectivity index (χ0) is 17.4. The fraction of sp³-hybridized carbons (Fsp3) is 0.375. The first kappa shape index (κ1) is 17.1. The molecule has 4 nitrogen and oxygen atoms in total. The lowest BCUT2D eigenvalue weighted by atomic mass is 9.97. The molecule has 0 aliphatic rings. The van der Waals surface area contributed by atoms with Crippen LogP contribution in [-0.2, 0) is 18.0 Å². The summed E-state index contributed by atoms with van der Waals surface area (Å²) < 4.78 is 43.5. The fourth-order valence-corrected chi connectivity index (χ4v) is 2.01. The minimum atomic E-state index is -4.45. The highest BCUT2D eigenvalue weighted by Gasteiger charge is 2.31. The highest BCUT2D eigenvalue weighted by Crippen LogP contribution is 2.31. The average Bonchev–Trinajstić information content (AvgIpc) is 2.82. The van der Waals surface area contributed by atoms with Crippen molar-refractivity contribution in [3.63, 3.8) is 0 Å². The molecule has 2 rings (SSSR count). The maximum absolute atomic E-state index is 12.7. The highest BCUT2D eigenvalue weighted by atomic mass is 19.4. The monoisotopic (exact) mass is 327 g/mol. The maximum Gasteiger partial charge on any atom is 0.416 e. The van der Waals surface area contributed by atoms with Crippen molar-refractivity contribution < 1.29 is 27.5 Å². The number of carbonyl (C=O) groups is 1. The van der Waals surface area contributed by atoms with Crippen LogP contribution in [0.25, 0.3) is 0 Å². The van der Waals surface area contributed by atoms with Crippen LogP contribution in [0.5, 0.6) is 0 Å². The van der Waals surface area contributed by atoms with Crippen LogP contribution in [0.2, 0.25) is 0 Å². The lowest BCUT2D eigenvalue weighted by Gasteiger charge is -2.11. The summed E-state index contributed by atoms with van der Waals surface area (Å²) in [6.45, 7) is 5.41. The van der Waals surface area contributed by atoms with Gasteiger partial charge in [0.1, 0.15) is 0 Å². The summed E-state index contributed by atoms with van der Waals surface area (Å²) in [7, 11) is 0. The molecule has 0 fully saturated rings. The van der Waals surface area contributed by atoms with Gasteiger partial charge >= 0.3 is 12.1 Å². The van der Waals surface area contributed by atoms with Crippen molar-refractivity contribution in [1.82, 2.24) is 4.98 Å². The van der Waals surface area contributed by atoms with Crippen LogP contribution in [0.1, 0.15) is 54.0 Å². The SMILES string of the molecule is CC(C)(C)c1nc(Cc2cccc(C(F)(F)F)c2)c(C(=O)O)o1. The number of nitrogens with zero attached hydrogens (tertiary/aromatic N) is 1. The molecule has 0 saturated heterocycles. The van der Waals surface area contributed by atoms with E-state index in [1.807, 2.05) is 0 Å². The Bertz CT molecular complexity index is 727. The molecule has 0 aliphatic carbocycles. The van der Waals surface area contributed by atoms with Gasteiger partial charge in [0.05, 0.1) is 11.3 Å². The van der Waals surface area contributed by atoms with Gasteiger partial charge in [-0.05, 0) is 11.6 Å². The summed E-state index contributed by atoms with van der Waals surface area (Å²) in [6.07, 6.45) is -4.50. The van der Waals surface area contributed by atoms with Crippen molar-refractivity contribution >= 4 is 5.97 Å². The second-order valence-corrected chi connectivity index (χ2v) is 6.22. The zero-order valence-electron chi connectivity index (χ0n) is 12.9. The van der Waals surface area contributed by atoms with Gasteiger partial charge in [0, 0.05) is 11.8 Å². The second kappa shape index (κ2) is 5.72. The minimum Gasteiger partial charge on any atom is -0.475 e. The van der Waals surface area contributed by atoms with Crippen molar-refractivity contribution in [2.24, 2.45) is 0 Å². The number of aromatic nitrogens is 1. The number of carboxylic acids is 1. The van der Waals surface area contributed by atoms with Gasteiger partial charge in [0.15, 0.2) is 0 Å². The Labute approximate surface area is 131 Å². The van der Waals surface area contributed by atoms with E-state index in [-0.39, 0.29) is 23.8 Å². The van der Waals surface area contributed by atoms with Gasteiger partial charge in [0.2, 0.25) is 11.7 Å². The number of oxazole rings is 1. The number of benzene rings is 1. The molecule has 0 spiro atoms. The molecule has 7 heteroatoms. The van der Waals surface area contributed by atoms with Crippen LogP contribution in [0.15, 0.2) is 28.7 Å². The molecule has 23 heavy (non-hydrogen) atoms. The Balaban J connectivity index is 2.40. The first-order valence-electron chi connectivity index (χ1n) is 6.88. The van der Waals surface area contributed by atoms with Crippen LogP contribution in [0.4, 0.5) is 13.2 Å². The Morgan fingerprint density at radius 3 is 2.43 bits per heavy atom. The molecule has 0 amide bonds. The molecular weight excluding hydrogens is 311 g/mol. The number of hydrogen-bond acceptors (Lipinski definition) is 3. The van der Waals surface area contributed by atoms with Crippen molar-refractivity contribution in [3.05, 3.63) is 52.7 Å². The molecule has 0 radical (unpaired) electrons. The molecule has 1 aromatic carbocycles. The Kier molecular flexibility index (Phi) is 4.24. The van der Waals surface area contributed by atoms with E-state index in [1.165, 1.54) is 12.1 Å². The first-order valence-corrected chi connectivity index (χ1v) is 6.88. The molecule has 0 bridgehead atoms. The Hall–Kier alpha value is -2.31. The summed E-state index contributed by atoms with van der Waals surface area (Å²) in [6, 6.07) is 4.72. The number of halogens is 3. The fourth-order valence-electron chi connectivity index (χ4n) is 2.01. The highest BCUT2D eigenvalue weighted by molar-refractivity contribution is 5.85. The van der Waals surface area contributed by atoms with Gasteiger partial charge in [-0.15, -0.1) is 0 Å². The molecule has 1 N–H and O–H groups in total. The van der Waals surface area contributed by atoms with E-state index in [0.29, 0.717) is 5.56 Å². The summed E-state index contributed by atoms with van der Waals surface area (Å²) in [5.41, 5.74) is -0.861. The Morgan fingerprint density at radius 2 is 1.91 bits per heavy atom. The van der Waals surface area contributed by atoms with E-state index in [1.54, 1.807) is 20.8 Å². The number of aromatic carboxylic acids is 1. The van der Waals surface area contributed by atoms with Crippen molar-refractivity contribution in [2.45, 2.75) is 38.8 Å². The van der Waals surface area contributed by atoms with Crippen LogP contribution < -0.4 is 0 Å². The molecule has 0 saturated carbocycles. The van der Waals surface area contributed by atoms with Crippen molar-refractivity contribution in [2.75, 3.05) is 0 Å². The van der Waals surface area contributed by atoms with E-state index in [2.05, 4.69) is 4.98 Å². The molecule has 2 aromatic rings. The molecule has 1 aromatic heterocycles. The first-order chi connectivity index (χ1) is 10.5. The molecule has 0 aliphatic heterocycles. The summed E-state index contributed by atoms with van der Waals surface area (Å²) >= 11 is 0. The third-order valence-electron chi connectivity index (χ3n) is 3.16. The number of alkyl halides is 3. The van der Waals surface area contributed by atoms with Gasteiger partial charge in [-0.1, -0.05) is 39.0 Å².